The number of allylic oxidation sites excluding steroid dienone is 1. The minimum absolute atomic E-state index is 0.0140. The van der Waals surface area contributed by atoms with E-state index in [9.17, 15) is 4.79 Å². The largest absolute Gasteiger partial charge is 0.370 e. The number of nitrogens with zero attached hydrogens (tertiary/aromatic N) is 1. The Morgan fingerprint density at radius 1 is 1.35 bits per heavy atom. The molecule has 0 aromatic heterocycles. The Labute approximate surface area is 100 Å². The number of carbonyl (C=O) groups is 1. The summed E-state index contributed by atoms with van der Waals surface area (Å²) in [6, 6.07) is 9.38. The molecule has 0 amide bonds. The molecule has 1 heterocycles. The van der Waals surface area contributed by atoms with Crippen molar-refractivity contribution in [3.05, 3.63) is 47.2 Å². The zero-order valence-electron chi connectivity index (χ0n) is 9.90. The van der Waals surface area contributed by atoms with Gasteiger partial charge in [0.05, 0.1) is 0 Å². The van der Waals surface area contributed by atoms with Gasteiger partial charge in [0.25, 0.3) is 0 Å². The molecule has 1 aliphatic heterocycles. The molecule has 0 fully saturated rings. The molecule has 0 spiro atoms. The summed E-state index contributed by atoms with van der Waals surface area (Å²) in [6.45, 7) is 3.39. The Morgan fingerprint density at radius 2 is 2.00 bits per heavy atom. The van der Waals surface area contributed by atoms with Crippen LogP contribution in [0.25, 0.3) is 0 Å². The monoisotopic (exact) mass is 229 g/mol. The number of guanidine groups is 1. The Morgan fingerprint density at radius 3 is 2.59 bits per heavy atom. The van der Waals surface area contributed by atoms with Crippen LogP contribution in [0, 0.1) is 0 Å². The van der Waals surface area contributed by atoms with E-state index in [-0.39, 0.29) is 11.8 Å². The van der Waals surface area contributed by atoms with Gasteiger partial charge in [0.15, 0.2) is 11.7 Å². The van der Waals surface area contributed by atoms with E-state index in [2.05, 4.69) is 10.3 Å². The number of Topliss-reactive ketones (excluding diaryl/α,β-unsaturated/α-hetero) is 1. The van der Waals surface area contributed by atoms with E-state index in [1.807, 2.05) is 37.3 Å². The average Bonchev–Trinajstić information content (AvgIpc) is 2.28. The first-order valence-corrected chi connectivity index (χ1v) is 5.46. The molecular formula is C13H15N3O. The third-order valence-electron chi connectivity index (χ3n) is 2.76. The van der Waals surface area contributed by atoms with E-state index >= 15 is 0 Å². The topological polar surface area (TPSA) is 67.5 Å². The van der Waals surface area contributed by atoms with E-state index < -0.39 is 0 Å². The SMILES string of the molecule is CC(=O)C1=C(C)NC(N)=N[C@@H]1c1ccccc1. The van der Waals surface area contributed by atoms with Crippen molar-refractivity contribution in [2.45, 2.75) is 19.9 Å². The van der Waals surface area contributed by atoms with Crippen molar-refractivity contribution in [1.82, 2.24) is 5.32 Å². The Kier molecular flexibility index (Phi) is 2.95. The van der Waals surface area contributed by atoms with Gasteiger partial charge in [-0.15, -0.1) is 0 Å². The fourth-order valence-electron chi connectivity index (χ4n) is 2.03. The van der Waals surface area contributed by atoms with E-state index in [1.54, 1.807) is 6.92 Å². The average molecular weight is 229 g/mol. The zero-order valence-corrected chi connectivity index (χ0v) is 9.90. The number of benzene rings is 1. The van der Waals surface area contributed by atoms with Crippen LogP contribution in [0.3, 0.4) is 0 Å². The third kappa shape index (κ3) is 2.20. The number of rotatable bonds is 2. The molecule has 0 saturated carbocycles. The molecular weight excluding hydrogens is 214 g/mol. The molecule has 2 rings (SSSR count). The van der Waals surface area contributed by atoms with Crippen LogP contribution in [0.5, 0.6) is 0 Å². The first-order chi connectivity index (χ1) is 8.09. The predicted molar refractivity (Wildman–Crippen MR) is 67.3 cm³/mol. The number of nitrogens with one attached hydrogen (secondary N) is 1. The second-order valence-electron chi connectivity index (χ2n) is 4.05. The number of ketones is 1. The molecule has 3 N–H and O–H groups in total. The van der Waals surface area contributed by atoms with Crippen molar-refractivity contribution in [2.24, 2.45) is 10.7 Å². The predicted octanol–water partition coefficient (Wildman–Crippen LogP) is 1.51. The smallest absolute Gasteiger partial charge is 0.193 e. The molecule has 4 heteroatoms. The summed E-state index contributed by atoms with van der Waals surface area (Å²) in [7, 11) is 0. The van der Waals surface area contributed by atoms with Crippen LogP contribution in [0.15, 0.2) is 46.6 Å². The van der Waals surface area contributed by atoms with Crippen molar-refractivity contribution in [3.63, 3.8) is 0 Å². The molecule has 17 heavy (non-hydrogen) atoms. The molecule has 0 aliphatic carbocycles. The lowest BCUT2D eigenvalue weighted by Crippen LogP contribution is -2.36. The van der Waals surface area contributed by atoms with Crippen molar-refractivity contribution < 1.29 is 4.79 Å². The number of nitrogens with two attached hydrogens (primary N) is 1. The summed E-state index contributed by atoms with van der Waals surface area (Å²) < 4.78 is 0. The highest BCUT2D eigenvalue weighted by Gasteiger charge is 2.25. The molecule has 0 radical (unpaired) electrons. The highest BCUT2D eigenvalue weighted by atomic mass is 16.1. The molecule has 0 unspecified atom stereocenters. The Hall–Kier alpha value is -2.10. The van der Waals surface area contributed by atoms with Crippen LogP contribution in [-0.4, -0.2) is 11.7 Å². The van der Waals surface area contributed by atoms with Crippen LogP contribution >= 0.6 is 0 Å². The standard InChI is InChI=1S/C13H15N3O/c1-8-11(9(2)17)12(16-13(14)15-8)10-6-4-3-5-7-10/h3-7,12H,1-2H3,(H3,14,15,16)/t12-/m1/s1. The van der Waals surface area contributed by atoms with Crippen LogP contribution < -0.4 is 11.1 Å². The molecule has 1 aromatic carbocycles. The number of hydrogen-bond acceptors (Lipinski definition) is 4. The van der Waals surface area contributed by atoms with E-state index in [4.69, 9.17) is 5.73 Å². The lowest BCUT2D eigenvalue weighted by atomic mass is 9.94. The van der Waals surface area contributed by atoms with Gasteiger partial charge in [-0.1, -0.05) is 30.3 Å². The van der Waals surface area contributed by atoms with Gasteiger partial charge in [-0.2, -0.15) is 0 Å². The van der Waals surface area contributed by atoms with Crippen LogP contribution in [0.1, 0.15) is 25.5 Å². The second kappa shape index (κ2) is 4.41. The number of aliphatic imine (C=N–C) groups is 1. The fraction of sp³-hybridized carbons (Fsp3) is 0.231. The van der Waals surface area contributed by atoms with Gasteiger partial charge < -0.3 is 11.1 Å². The molecule has 0 saturated heterocycles. The van der Waals surface area contributed by atoms with Gasteiger partial charge in [-0.3, -0.25) is 4.79 Å². The molecule has 1 aromatic rings. The fourth-order valence-corrected chi connectivity index (χ4v) is 2.03. The first kappa shape index (κ1) is 11.4. The van der Waals surface area contributed by atoms with Crippen molar-refractivity contribution in [2.75, 3.05) is 0 Å². The normalized spacial score (nSPS) is 19.6. The Bertz CT molecular complexity index is 503. The van der Waals surface area contributed by atoms with Crippen molar-refractivity contribution >= 4 is 11.7 Å². The molecule has 0 bridgehead atoms. The molecule has 1 atom stereocenters. The van der Waals surface area contributed by atoms with Crippen molar-refractivity contribution in [3.8, 4) is 0 Å². The maximum Gasteiger partial charge on any atom is 0.193 e. The molecule has 4 nitrogen and oxygen atoms in total. The van der Waals surface area contributed by atoms with Gasteiger partial charge in [-0.25, -0.2) is 4.99 Å². The summed E-state index contributed by atoms with van der Waals surface area (Å²) >= 11 is 0. The summed E-state index contributed by atoms with van der Waals surface area (Å²) in [4.78, 5) is 16.0. The highest BCUT2D eigenvalue weighted by molar-refractivity contribution is 5.98. The summed E-state index contributed by atoms with van der Waals surface area (Å²) in [5.41, 5.74) is 8.13. The van der Waals surface area contributed by atoms with E-state index in [0.29, 0.717) is 11.5 Å². The van der Waals surface area contributed by atoms with Crippen LogP contribution in [0.4, 0.5) is 0 Å². The minimum Gasteiger partial charge on any atom is -0.370 e. The zero-order chi connectivity index (χ0) is 12.4. The highest BCUT2D eigenvalue weighted by Crippen LogP contribution is 2.30. The summed E-state index contributed by atoms with van der Waals surface area (Å²) in [6.07, 6.45) is 0. The van der Waals surface area contributed by atoms with Gasteiger partial charge >= 0.3 is 0 Å². The van der Waals surface area contributed by atoms with E-state index in [1.165, 1.54) is 0 Å². The minimum atomic E-state index is -0.296. The maximum absolute atomic E-state index is 11.7. The first-order valence-electron chi connectivity index (χ1n) is 5.46. The lowest BCUT2D eigenvalue weighted by molar-refractivity contribution is -0.113. The number of carbonyl (C=O) groups excluding carboxylic acids is 1. The van der Waals surface area contributed by atoms with Crippen LogP contribution in [0.2, 0.25) is 0 Å². The summed E-state index contributed by atoms with van der Waals surface area (Å²) in [5.74, 6) is 0.362. The van der Waals surface area contributed by atoms with Gasteiger partial charge in [0, 0.05) is 11.3 Å². The molecule has 1 aliphatic rings. The molecule has 88 valence electrons. The third-order valence-corrected chi connectivity index (χ3v) is 2.76. The lowest BCUT2D eigenvalue weighted by Gasteiger charge is -2.24. The quantitative estimate of drug-likeness (QED) is 0.807. The van der Waals surface area contributed by atoms with Gasteiger partial charge in [0.2, 0.25) is 0 Å². The summed E-state index contributed by atoms with van der Waals surface area (Å²) in [5, 5.41) is 2.90. The van der Waals surface area contributed by atoms with Gasteiger partial charge in [0.1, 0.15) is 6.04 Å². The maximum atomic E-state index is 11.7. The second-order valence-corrected chi connectivity index (χ2v) is 4.05. The Balaban J connectivity index is 2.49. The van der Waals surface area contributed by atoms with Crippen molar-refractivity contribution in [1.29, 1.82) is 0 Å². The van der Waals surface area contributed by atoms with Gasteiger partial charge in [-0.05, 0) is 19.4 Å². The van der Waals surface area contributed by atoms with Crippen LogP contribution in [-0.2, 0) is 4.79 Å². The number of hydrogen-bond donors (Lipinski definition) is 2. The van der Waals surface area contributed by atoms with E-state index in [0.717, 1.165) is 11.3 Å².